The van der Waals surface area contributed by atoms with Crippen molar-refractivity contribution in [3.63, 3.8) is 0 Å². The fraction of sp³-hybridized carbons (Fsp3) is 0.407. The Kier molecular flexibility index (Phi) is 7.25. The van der Waals surface area contributed by atoms with Crippen molar-refractivity contribution in [3.8, 4) is 0 Å². The molecule has 4 atom stereocenters. The van der Waals surface area contributed by atoms with Crippen molar-refractivity contribution in [2.75, 3.05) is 13.2 Å². The van der Waals surface area contributed by atoms with Gasteiger partial charge >= 0.3 is 0 Å². The van der Waals surface area contributed by atoms with Crippen LogP contribution in [0.2, 0.25) is 0 Å². The molecule has 5 rings (SSSR count). The van der Waals surface area contributed by atoms with Gasteiger partial charge in [0.05, 0.1) is 39.9 Å². The number of carbonyl (C=O) groups excluding carboxylic acids is 1. The van der Waals surface area contributed by atoms with E-state index in [-0.39, 0.29) is 28.8 Å². The van der Waals surface area contributed by atoms with E-state index < -0.39 is 16.1 Å². The van der Waals surface area contributed by atoms with E-state index in [1.54, 1.807) is 23.7 Å². The first kappa shape index (κ1) is 25.1. The van der Waals surface area contributed by atoms with Crippen LogP contribution in [-0.2, 0) is 26.2 Å². The highest BCUT2D eigenvalue weighted by Crippen LogP contribution is 2.38. The number of aromatic nitrogens is 1. The van der Waals surface area contributed by atoms with Crippen LogP contribution in [0.15, 0.2) is 71.6 Å². The number of rotatable bonds is 8. The highest BCUT2D eigenvalue weighted by Gasteiger charge is 2.50. The first-order valence-corrected chi connectivity index (χ1v) is 14.6. The van der Waals surface area contributed by atoms with Gasteiger partial charge in [0, 0.05) is 18.5 Å². The number of sulfonamides is 1. The summed E-state index contributed by atoms with van der Waals surface area (Å²) in [6.45, 7) is 7.25. The molecule has 36 heavy (non-hydrogen) atoms. The van der Waals surface area contributed by atoms with E-state index in [1.807, 2.05) is 48.2 Å². The van der Waals surface area contributed by atoms with E-state index in [4.69, 9.17) is 4.74 Å². The number of piperidine rings is 1. The van der Waals surface area contributed by atoms with Crippen LogP contribution in [-0.4, -0.2) is 59.8 Å². The van der Waals surface area contributed by atoms with Gasteiger partial charge in [0.25, 0.3) is 0 Å². The number of benzene rings is 2. The number of carbonyl (C=O) groups is 1. The summed E-state index contributed by atoms with van der Waals surface area (Å²) < 4.78 is 36.3. The normalized spacial score (nSPS) is 24.0. The molecule has 1 unspecified atom stereocenters. The molecule has 1 amide bonds. The number of hydrogen-bond donors (Lipinski definition) is 0. The minimum absolute atomic E-state index is 0.151. The Balaban J connectivity index is 1.41. The van der Waals surface area contributed by atoms with Crippen molar-refractivity contribution in [3.05, 3.63) is 72.3 Å². The van der Waals surface area contributed by atoms with Crippen molar-refractivity contribution >= 4 is 37.5 Å². The van der Waals surface area contributed by atoms with Crippen LogP contribution in [0.3, 0.4) is 0 Å². The third-order valence-corrected chi connectivity index (χ3v) is 9.99. The number of ether oxygens (including phenoxy) is 1. The quantitative estimate of drug-likeness (QED) is 0.406. The Bertz CT molecular complexity index is 1340. The summed E-state index contributed by atoms with van der Waals surface area (Å²) in [7, 11) is -3.91. The molecule has 0 radical (unpaired) electrons. The van der Waals surface area contributed by atoms with Crippen LogP contribution in [0.4, 0.5) is 0 Å². The molecule has 0 N–H and O–H groups in total. The lowest BCUT2D eigenvalue weighted by molar-refractivity contribution is -0.138. The summed E-state index contributed by atoms with van der Waals surface area (Å²) in [4.78, 5) is 20.2. The van der Waals surface area contributed by atoms with Crippen LogP contribution in [0, 0.1) is 5.92 Å². The smallest absolute Gasteiger partial charge is 0.244 e. The van der Waals surface area contributed by atoms with Gasteiger partial charge in [-0.15, -0.1) is 17.9 Å². The highest BCUT2D eigenvalue weighted by atomic mass is 32.2. The van der Waals surface area contributed by atoms with Gasteiger partial charge in [0.2, 0.25) is 15.9 Å². The van der Waals surface area contributed by atoms with Crippen molar-refractivity contribution < 1.29 is 17.9 Å². The second kappa shape index (κ2) is 10.4. The second-order valence-electron chi connectivity index (χ2n) is 9.57. The van der Waals surface area contributed by atoms with Crippen LogP contribution < -0.4 is 0 Å². The average molecular weight is 526 g/mol. The number of hydrogen-bond acceptors (Lipinski definition) is 6. The van der Waals surface area contributed by atoms with Gasteiger partial charge < -0.3 is 9.64 Å². The Hall–Kier alpha value is -2.59. The molecular formula is C27H31N3O4S2. The van der Waals surface area contributed by atoms with Gasteiger partial charge in [-0.2, -0.15) is 4.31 Å². The van der Waals surface area contributed by atoms with Gasteiger partial charge in [-0.1, -0.05) is 36.4 Å². The van der Waals surface area contributed by atoms with Crippen molar-refractivity contribution in [2.24, 2.45) is 5.92 Å². The second-order valence-corrected chi connectivity index (χ2v) is 12.3. The zero-order valence-corrected chi connectivity index (χ0v) is 22.0. The van der Waals surface area contributed by atoms with E-state index >= 15 is 0 Å². The first-order valence-electron chi connectivity index (χ1n) is 12.3. The predicted octanol–water partition coefficient (Wildman–Crippen LogP) is 4.46. The van der Waals surface area contributed by atoms with Crippen molar-refractivity contribution in [1.82, 2.24) is 14.2 Å². The first-order chi connectivity index (χ1) is 17.4. The maximum absolute atomic E-state index is 14.0. The van der Waals surface area contributed by atoms with Crippen molar-refractivity contribution in [1.29, 1.82) is 0 Å². The van der Waals surface area contributed by atoms with E-state index in [1.165, 1.54) is 15.6 Å². The summed E-state index contributed by atoms with van der Waals surface area (Å²) in [6, 6.07) is 13.7. The number of amides is 1. The average Bonchev–Trinajstić information content (AvgIpc) is 3.35. The zero-order chi connectivity index (χ0) is 25.3. The molecule has 7 nitrogen and oxygen atoms in total. The fourth-order valence-electron chi connectivity index (χ4n) is 5.37. The Morgan fingerprint density at radius 1 is 1.22 bits per heavy atom. The van der Waals surface area contributed by atoms with Gasteiger partial charge in [-0.3, -0.25) is 4.79 Å². The lowest BCUT2D eigenvalue weighted by atomic mass is 9.90. The lowest BCUT2D eigenvalue weighted by Gasteiger charge is -2.40. The maximum atomic E-state index is 14.0. The minimum atomic E-state index is -3.91. The van der Waals surface area contributed by atoms with Gasteiger partial charge in [-0.05, 0) is 49.9 Å². The maximum Gasteiger partial charge on any atom is 0.244 e. The molecule has 2 fully saturated rings. The molecule has 2 aliphatic rings. The van der Waals surface area contributed by atoms with E-state index in [0.717, 1.165) is 22.2 Å². The molecule has 1 aromatic heterocycles. The molecule has 0 aliphatic carbocycles. The van der Waals surface area contributed by atoms with E-state index in [2.05, 4.69) is 11.6 Å². The SMILES string of the molecule is C=C[C@H]1CN(C(C)COCc2ccccc2)C(=O)[C@@H]2CCC[C@H]1N2S(=O)(=O)c1ccc2ncsc2c1. The lowest BCUT2D eigenvalue weighted by Crippen LogP contribution is -2.55. The summed E-state index contributed by atoms with van der Waals surface area (Å²) in [5.74, 6) is -0.319. The molecule has 3 heterocycles. The molecule has 2 saturated heterocycles. The molecule has 190 valence electrons. The van der Waals surface area contributed by atoms with E-state index in [0.29, 0.717) is 32.6 Å². The van der Waals surface area contributed by atoms with Gasteiger partial charge in [-0.25, -0.2) is 13.4 Å². The molecule has 9 heteroatoms. The number of thiazole rings is 1. The molecule has 2 bridgehead atoms. The minimum Gasteiger partial charge on any atom is -0.375 e. The Labute approximate surface area is 216 Å². The van der Waals surface area contributed by atoms with Crippen LogP contribution in [0.25, 0.3) is 10.2 Å². The fourth-order valence-corrected chi connectivity index (χ4v) is 8.06. The third kappa shape index (κ3) is 4.72. The van der Waals surface area contributed by atoms with Crippen LogP contribution in [0.5, 0.6) is 0 Å². The van der Waals surface area contributed by atoms with Crippen LogP contribution in [0.1, 0.15) is 31.7 Å². The number of nitrogens with zero attached hydrogens (tertiary/aromatic N) is 3. The Morgan fingerprint density at radius 2 is 2.03 bits per heavy atom. The standard InChI is InChI=1S/C27H31N3O4S2/c1-3-21-15-29(19(2)16-34-17-20-8-5-4-6-9-20)27(31)25-11-7-10-24(21)30(25)36(32,33)22-12-13-23-26(14-22)35-18-28-23/h3-6,8-9,12-14,18-19,21,24-25H,1,7,10-11,15-17H2,2H3/t19?,21-,24+,25-/m0/s1. The van der Waals surface area contributed by atoms with Crippen molar-refractivity contribution in [2.45, 2.75) is 55.8 Å². The molecule has 3 aromatic rings. The molecular weight excluding hydrogens is 494 g/mol. The summed E-state index contributed by atoms with van der Waals surface area (Å²) >= 11 is 1.41. The van der Waals surface area contributed by atoms with Gasteiger partial charge in [0.15, 0.2) is 0 Å². The third-order valence-electron chi connectivity index (χ3n) is 7.26. The van der Waals surface area contributed by atoms with Crippen LogP contribution >= 0.6 is 11.3 Å². The largest absolute Gasteiger partial charge is 0.375 e. The van der Waals surface area contributed by atoms with E-state index in [9.17, 15) is 13.2 Å². The highest BCUT2D eigenvalue weighted by molar-refractivity contribution is 7.89. The Morgan fingerprint density at radius 3 is 2.81 bits per heavy atom. The summed E-state index contributed by atoms with van der Waals surface area (Å²) in [5.41, 5.74) is 3.55. The topological polar surface area (TPSA) is 79.8 Å². The molecule has 2 aliphatic heterocycles. The summed E-state index contributed by atoms with van der Waals surface area (Å²) in [6.07, 6.45) is 3.83. The summed E-state index contributed by atoms with van der Waals surface area (Å²) in [5, 5.41) is 0. The predicted molar refractivity (Wildman–Crippen MR) is 141 cm³/mol. The molecule has 0 spiro atoms. The molecule has 2 aromatic carbocycles. The number of fused-ring (bicyclic) bond motifs is 3. The zero-order valence-electron chi connectivity index (χ0n) is 20.3. The monoisotopic (exact) mass is 525 g/mol. The van der Waals surface area contributed by atoms with Gasteiger partial charge in [0.1, 0.15) is 6.04 Å². The molecule has 0 saturated carbocycles.